The van der Waals surface area contributed by atoms with Crippen LogP contribution in [0.3, 0.4) is 0 Å². The molecule has 0 amide bonds. The van der Waals surface area contributed by atoms with E-state index < -0.39 is 23.3 Å². The SMILES string of the molecule is COC1CCCC1Nc1ccc(C(F)(F)F)c(C(=O)O)c1. The van der Waals surface area contributed by atoms with Gasteiger partial charge in [0.25, 0.3) is 0 Å². The fourth-order valence-corrected chi connectivity index (χ4v) is 2.65. The van der Waals surface area contributed by atoms with Crippen molar-refractivity contribution in [2.45, 2.75) is 37.6 Å². The highest BCUT2D eigenvalue weighted by molar-refractivity contribution is 5.91. The maximum absolute atomic E-state index is 12.8. The smallest absolute Gasteiger partial charge is 0.417 e. The first-order chi connectivity index (χ1) is 9.82. The first-order valence-corrected chi connectivity index (χ1v) is 6.57. The molecule has 0 heterocycles. The second-order valence-corrected chi connectivity index (χ2v) is 5.02. The van der Waals surface area contributed by atoms with E-state index in [1.165, 1.54) is 6.07 Å². The van der Waals surface area contributed by atoms with Gasteiger partial charge in [-0.25, -0.2) is 4.79 Å². The Balaban J connectivity index is 2.26. The maximum atomic E-state index is 12.8. The topological polar surface area (TPSA) is 58.6 Å². The van der Waals surface area contributed by atoms with Crippen molar-refractivity contribution in [3.8, 4) is 0 Å². The molecule has 2 atom stereocenters. The number of carboxylic acid groups (broad SMARTS) is 1. The van der Waals surface area contributed by atoms with E-state index in [0.717, 1.165) is 31.4 Å². The van der Waals surface area contributed by atoms with Gasteiger partial charge in [-0.05, 0) is 37.5 Å². The van der Waals surface area contributed by atoms with Crippen LogP contribution in [-0.4, -0.2) is 30.3 Å². The molecule has 1 aliphatic carbocycles. The average Bonchev–Trinajstić information content (AvgIpc) is 2.84. The van der Waals surface area contributed by atoms with Crippen molar-refractivity contribution < 1.29 is 27.8 Å². The molecule has 1 saturated carbocycles. The molecular formula is C14H16F3NO3. The molecule has 0 aromatic heterocycles. The number of methoxy groups -OCH3 is 1. The van der Waals surface area contributed by atoms with Gasteiger partial charge in [0.2, 0.25) is 0 Å². The van der Waals surface area contributed by atoms with Crippen LogP contribution < -0.4 is 5.32 Å². The van der Waals surface area contributed by atoms with Crippen LogP contribution in [0.25, 0.3) is 0 Å². The second kappa shape index (κ2) is 5.93. The summed E-state index contributed by atoms with van der Waals surface area (Å²) in [6.45, 7) is 0. The molecule has 0 radical (unpaired) electrons. The number of carboxylic acids is 1. The number of halogens is 3. The first-order valence-electron chi connectivity index (χ1n) is 6.57. The molecule has 2 unspecified atom stereocenters. The summed E-state index contributed by atoms with van der Waals surface area (Å²) in [5, 5.41) is 12.0. The van der Waals surface area contributed by atoms with E-state index in [2.05, 4.69) is 5.32 Å². The summed E-state index contributed by atoms with van der Waals surface area (Å²) in [5.74, 6) is -1.60. The van der Waals surface area contributed by atoms with Gasteiger partial charge in [0.05, 0.1) is 23.3 Å². The summed E-state index contributed by atoms with van der Waals surface area (Å²) >= 11 is 0. The number of benzene rings is 1. The normalized spacial score (nSPS) is 22.3. The molecule has 1 aliphatic rings. The molecule has 1 aromatic rings. The van der Waals surface area contributed by atoms with E-state index in [9.17, 15) is 18.0 Å². The summed E-state index contributed by atoms with van der Waals surface area (Å²) in [5.41, 5.74) is -1.54. The fraction of sp³-hybridized carbons (Fsp3) is 0.500. The zero-order valence-corrected chi connectivity index (χ0v) is 11.4. The Kier molecular flexibility index (Phi) is 4.41. The van der Waals surface area contributed by atoms with Gasteiger partial charge in [0, 0.05) is 12.8 Å². The van der Waals surface area contributed by atoms with E-state index in [4.69, 9.17) is 9.84 Å². The van der Waals surface area contributed by atoms with Crippen molar-refractivity contribution in [3.63, 3.8) is 0 Å². The predicted octanol–water partition coefficient (Wildman–Crippen LogP) is 3.38. The lowest BCUT2D eigenvalue weighted by Gasteiger charge is -2.21. The van der Waals surface area contributed by atoms with Gasteiger partial charge in [-0.2, -0.15) is 13.2 Å². The van der Waals surface area contributed by atoms with Crippen molar-refractivity contribution in [3.05, 3.63) is 29.3 Å². The summed E-state index contributed by atoms with van der Waals surface area (Å²) in [6, 6.07) is 3.05. The number of anilines is 1. The van der Waals surface area contributed by atoms with Gasteiger partial charge >= 0.3 is 12.1 Å². The van der Waals surface area contributed by atoms with Crippen molar-refractivity contribution in [1.82, 2.24) is 0 Å². The van der Waals surface area contributed by atoms with Crippen molar-refractivity contribution in [1.29, 1.82) is 0 Å². The third-order valence-electron chi connectivity index (χ3n) is 3.66. The van der Waals surface area contributed by atoms with Crippen LogP contribution in [-0.2, 0) is 10.9 Å². The standard InChI is InChI=1S/C14H16F3NO3/c1-21-12-4-2-3-11(12)18-8-5-6-10(14(15,16)17)9(7-8)13(19)20/h5-7,11-12,18H,2-4H2,1H3,(H,19,20). The average molecular weight is 303 g/mol. The van der Waals surface area contributed by atoms with E-state index in [1.807, 2.05) is 0 Å². The van der Waals surface area contributed by atoms with E-state index in [-0.39, 0.29) is 12.1 Å². The summed E-state index contributed by atoms with van der Waals surface area (Å²) in [4.78, 5) is 11.0. The van der Waals surface area contributed by atoms with Gasteiger partial charge < -0.3 is 15.2 Å². The summed E-state index contributed by atoms with van der Waals surface area (Å²) in [6.07, 6.45) is -2.03. The lowest BCUT2D eigenvalue weighted by molar-refractivity contribution is -0.138. The molecule has 7 heteroatoms. The molecule has 4 nitrogen and oxygen atoms in total. The molecular weight excluding hydrogens is 287 g/mol. The van der Waals surface area contributed by atoms with E-state index in [0.29, 0.717) is 5.69 Å². The Morgan fingerprint density at radius 2 is 2.10 bits per heavy atom. The zero-order valence-electron chi connectivity index (χ0n) is 11.4. The molecule has 0 saturated heterocycles. The highest BCUT2D eigenvalue weighted by Crippen LogP contribution is 2.34. The predicted molar refractivity (Wildman–Crippen MR) is 70.5 cm³/mol. The van der Waals surface area contributed by atoms with Crippen LogP contribution in [0.15, 0.2) is 18.2 Å². The third kappa shape index (κ3) is 3.47. The Hall–Kier alpha value is -1.76. The van der Waals surface area contributed by atoms with Gasteiger partial charge in [-0.3, -0.25) is 0 Å². The highest BCUT2D eigenvalue weighted by Gasteiger charge is 2.35. The number of rotatable bonds is 4. The van der Waals surface area contributed by atoms with Crippen LogP contribution >= 0.6 is 0 Å². The minimum Gasteiger partial charge on any atom is -0.478 e. The molecule has 1 aromatic carbocycles. The number of nitrogens with one attached hydrogen (secondary N) is 1. The quantitative estimate of drug-likeness (QED) is 0.895. The van der Waals surface area contributed by atoms with Gasteiger partial charge in [-0.1, -0.05) is 0 Å². The van der Waals surface area contributed by atoms with Crippen molar-refractivity contribution in [2.75, 3.05) is 12.4 Å². The lowest BCUT2D eigenvalue weighted by Crippen LogP contribution is -2.29. The zero-order chi connectivity index (χ0) is 15.6. The molecule has 0 bridgehead atoms. The number of hydrogen-bond donors (Lipinski definition) is 2. The molecule has 21 heavy (non-hydrogen) atoms. The molecule has 2 N–H and O–H groups in total. The highest BCUT2D eigenvalue weighted by atomic mass is 19.4. The molecule has 0 spiro atoms. The molecule has 0 aliphatic heterocycles. The molecule has 2 rings (SSSR count). The molecule has 1 fully saturated rings. The van der Waals surface area contributed by atoms with Crippen LogP contribution in [0, 0.1) is 0 Å². The van der Waals surface area contributed by atoms with Crippen molar-refractivity contribution in [2.24, 2.45) is 0 Å². The third-order valence-corrected chi connectivity index (χ3v) is 3.66. The largest absolute Gasteiger partial charge is 0.478 e. The maximum Gasteiger partial charge on any atom is 0.417 e. The Bertz CT molecular complexity index is 531. The Morgan fingerprint density at radius 1 is 1.38 bits per heavy atom. The summed E-state index contributed by atoms with van der Waals surface area (Å²) < 4.78 is 43.6. The number of hydrogen-bond acceptors (Lipinski definition) is 3. The minimum absolute atomic E-state index is 0.0134. The second-order valence-electron chi connectivity index (χ2n) is 5.02. The monoisotopic (exact) mass is 303 g/mol. The van der Waals surface area contributed by atoms with Crippen LogP contribution in [0.2, 0.25) is 0 Å². The van der Waals surface area contributed by atoms with Gasteiger partial charge in [0.15, 0.2) is 0 Å². The van der Waals surface area contributed by atoms with Gasteiger partial charge in [-0.15, -0.1) is 0 Å². The number of ether oxygens (including phenoxy) is 1. The van der Waals surface area contributed by atoms with Gasteiger partial charge in [0.1, 0.15) is 0 Å². The van der Waals surface area contributed by atoms with E-state index >= 15 is 0 Å². The van der Waals surface area contributed by atoms with E-state index in [1.54, 1.807) is 7.11 Å². The molecule has 116 valence electrons. The first kappa shape index (κ1) is 15.6. The fourth-order valence-electron chi connectivity index (χ4n) is 2.65. The van der Waals surface area contributed by atoms with Crippen molar-refractivity contribution >= 4 is 11.7 Å². The minimum atomic E-state index is -4.69. The number of alkyl halides is 3. The number of aromatic carboxylic acids is 1. The Morgan fingerprint density at radius 3 is 2.67 bits per heavy atom. The Labute approximate surface area is 119 Å². The van der Waals surface area contributed by atoms with Crippen LogP contribution in [0.4, 0.5) is 18.9 Å². The van der Waals surface area contributed by atoms with Crippen LogP contribution in [0.5, 0.6) is 0 Å². The van der Waals surface area contributed by atoms with Crippen LogP contribution in [0.1, 0.15) is 35.2 Å². The lowest BCUT2D eigenvalue weighted by atomic mass is 10.1. The number of carbonyl (C=O) groups is 1. The summed E-state index contributed by atoms with van der Waals surface area (Å²) in [7, 11) is 1.58.